The van der Waals surface area contributed by atoms with Crippen molar-refractivity contribution < 1.29 is 19.0 Å². The van der Waals surface area contributed by atoms with Gasteiger partial charge in [0.1, 0.15) is 0 Å². The maximum absolute atomic E-state index is 13.2. The van der Waals surface area contributed by atoms with Crippen LogP contribution in [0.25, 0.3) is 16.8 Å². The van der Waals surface area contributed by atoms with Crippen LogP contribution >= 0.6 is 0 Å². The van der Waals surface area contributed by atoms with Gasteiger partial charge in [-0.05, 0) is 49.6 Å². The Kier molecular flexibility index (Phi) is 6.23. The molecule has 0 saturated carbocycles. The van der Waals surface area contributed by atoms with E-state index in [1.54, 1.807) is 18.9 Å². The second-order valence-electron chi connectivity index (χ2n) is 7.55. The van der Waals surface area contributed by atoms with Gasteiger partial charge in [-0.2, -0.15) is 5.10 Å². The Morgan fingerprint density at radius 3 is 2.61 bits per heavy atom. The molecule has 1 saturated heterocycles. The minimum absolute atomic E-state index is 0.0321. The third kappa shape index (κ3) is 4.41. The monoisotopic (exact) mass is 421 g/mol. The maximum atomic E-state index is 13.2. The van der Waals surface area contributed by atoms with Crippen molar-refractivity contribution in [1.82, 2.24) is 15.1 Å². The van der Waals surface area contributed by atoms with Crippen LogP contribution in [0.15, 0.2) is 54.7 Å². The number of nitrogens with zero attached hydrogens (tertiary/aromatic N) is 2. The van der Waals surface area contributed by atoms with Crippen LogP contribution in [-0.2, 0) is 4.74 Å². The Balaban J connectivity index is 1.72. The number of amides is 1. The minimum atomic E-state index is -0.234. The van der Waals surface area contributed by atoms with Crippen LogP contribution in [0.4, 0.5) is 0 Å². The van der Waals surface area contributed by atoms with Crippen molar-refractivity contribution >= 4 is 5.91 Å². The number of nitrogens with one attached hydrogen (secondary N) is 1. The first kappa shape index (κ1) is 20.9. The molecule has 2 atom stereocenters. The van der Waals surface area contributed by atoms with E-state index in [0.717, 1.165) is 30.7 Å². The van der Waals surface area contributed by atoms with Crippen LogP contribution in [0.1, 0.15) is 30.3 Å². The number of carbonyl (C=O) groups is 1. The van der Waals surface area contributed by atoms with E-state index in [4.69, 9.17) is 14.2 Å². The van der Waals surface area contributed by atoms with E-state index >= 15 is 0 Å². The molecule has 1 aliphatic rings. The van der Waals surface area contributed by atoms with Crippen LogP contribution in [0.5, 0.6) is 11.5 Å². The number of hydrogen-bond acceptors (Lipinski definition) is 5. The van der Waals surface area contributed by atoms with Crippen molar-refractivity contribution in [2.45, 2.75) is 31.9 Å². The molecule has 1 aromatic heterocycles. The molecule has 7 nitrogen and oxygen atoms in total. The normalized spacial score (nSPS) is 16.7. The Hall–Kier alpha value is -3.32. The standard InChI is InChI=1S/C24H27N3O4/c1-16(20-10-7-13-31-20)25-24(28)23-19(15-27(26-23)18-8-5-4-6-9-18)17-11-12-21(29-2)22(14-17)30-3/h4-6,8-9,11-12,14-16,20H,7,10,13H2,1-3H3,(H,25,28). The highest BCUT2D eigenvalue weighted by Gasteiger charge is 2.27. The van der Waals surface area contributed by atoms with Crippen LogP contribution in [0, 0.1) is 0 Å². The topological polar surface area (TPSA) is 74.6 Å². The van der Waals surface area contributed by atoms with Gasteiger partial charge >= 0.3 is 0 Å². The summed E-state index contributed by atoms with van der Waals surface area (Å²) in [6, 6.07) is 15.2. The summed E-state index contributed by atoms with van der Waals surface area (Å²) in [5.41, 5.74) is 2.74. The van der Waals surface area contributed by atoms with Crippen molar-refractivity contribution in [3.05, 3.63) is 60.4 Å². The number of aromatic nitrogens is 2. The van der Waals surface area contributed by atoms with Crippen LogP contribution in [0.2, 0.25) is 0 Å². The Morgan fingerprint density at radius 2 is 1.94 bits per heavy atom. The number of methoxy groups -OCH3 is 2. The lowest BCUT2D eigenvalue weighted by Gasteiger charge is -2.19. The summed E-state index contributed by atoms with van der Waals surface area (Å²) in [4.78, 5) is 13.2. The number of hydrogen-bond donors (Lipinski definition) is 1. The third-order valence-electron chi connectivity index (χ3n) is 5.53. The summed E-state index contributed by atoms with van der Waals surface area (Å²) in [7, 11) is 3.18. The molecule has 2 heterocycles. The van der Waals surface area contributed by atoms with Gasteiger partial charge in [0.25, 0.3) is 5.91 Å². The van der Waals surface area contributed by atoms with Crippen molar-refractivity contribution in [1.29, 1.82) is 0 Å². The Morgan fingerprint density at radius 1 is 1.16 bits per heavy atom. The number of benzene rings is 2. The third-order valence-corrected chi connectivity index (χ3v) is 5.53. The van der Waals surface area contributed by atoms with Crippen LogP contribution < -0.4 is 14.8 Å². The first-order valence-corrected chi connectivity index (χ1v) is 10.4. The Labute approximate surface area is 181 Å². The van der Waals surface area contributed by atoms with E-state index in [1.165, 1.54) is 0 Å². The predicted molar refractivity (Wildman–Crippen MR) is 118 cm³/mol. The summed E-state index contributed by atoms with van der Waals surface area (Å²) < 4.78 is 18.2. The zero-order valence-electron chi connectivity index (χ0n) is 18.0. The highest BCUT2D eigenvalue weighted by atomic mass is 16.5. The second kappa shape index (κ2) is 9.22. The van der Waals surface area contributed by atoms with Crippen molar-refractivity contribution in [2.24, 2.45) is 0 Å². The summed E-state index contributed by atoms with van der Waals surface area (Å²) in [6.45, 7) is 2.71. The van der Waals surface area contributed by atoms with Crippen LogP contribution in [0.3, 0.4) is 0 Å². The molecule has 7 heteroatoms. The van der Waals surface area contributed by atoms with E-state index in [1.807, 2.05) is 61.7 Å². The molecule has 0 bridgehead atoms. The number of rotatable bonds is 7. The highest BCUT2D eigenvalue weighted by molar-refractivity contribution is 5.99. The lowest BCUT2D eigenvalue weighted by Crippen LogP contribution is -2.41. The summed E-state index contributed by atoms with van der Waals surface area (Å²) in [6.07, 6.45) is 3.86. The lowest BCUT2D eigenvalue weighted by atomic mass is 10.0. The van der Waals surface area contributed by atoms with Gasteiger partial charge in [-0.25, -0.2) is 4.68 Å². The fourth-order valence-corrected chi connectivity index (χ4v) is 3.83. The molecule has 1 amide bonds. The largest absolute Gasteiger partial charge is 0.493 e. The summed E-state index contributed by atoms with van der Waals surface area (Å²) in [5.74, 6) is 0.980. The van der Waals surface area contributed by atoms with E-state index < -0.39 is 0 Å². The van der Waals surface area contributed by atoms with Gasteiger partial charge in [-0.1, -0.05) is 24.3 Å². The molecule has 31 heavy (non-hydrogen) atoms. The SMILES string of the molecule is COc1ccc(-c2cn(-c3ccccc3)nc2C(=O)NC(C)C2CCCO2)cc1OC. The first-order valence-electron chi connectivity index (χ1n) is 10.4. The van der Waals surface area contributed by atoms with E-state index in [-0.39, 0.29) is 18.1 Å². The van der Waals surface area contributed by atoms with Crippen molar-refractivity contribution in [3.8, 4) is 28.3 Å². The number of para-hydroxylation sites is 1. The lowest BCUT2D eigenvalue weighted by molar-refractivity contribution is 0.0709. The zero-order valence-corrected chi connectivity index (χ0v) is 18.0. The molecule has 0 aliphatic carbocycles. The molecular weight excluding hydrogens is 394 g/mol. The summed E-state index contributed by atoms with van der Waals surface area (Å²) in [5, 5.41) is 7.69. The molecule has 2 aromatic carbocycles. The number of carbonyl (C=O) groups excluding carboxylic acids is 1. The molecule has 0 radical (unpaired) electrons. The Bertz CT molecular complexity index is 1040. The van der Waals surface area contributed by atoms with Gasteiger partial charge in [0.15, 0.2) is 17.2 Å². The van der Waals surface area contributed by atoms with Gasteiger partial charge in [0.05, 0.1) is 32.1 Å². The van der Waals surface area contributed by atoms with E-state index in [9.17, 15) is 4.79 Å². The fraction of sp³-hybridized carbons (Fsp3) is 0.333. The highest BCUT2D eigenvalue weighted by Crippen LogP contribution is 2.34. The van der Waals surface area contributed by atoms with E-state index in [0.29, 0.717) is 22.8 Å². The molecule has 2 unspecified atom stereocenters. The quantitative estimate of drug-likeness (QED) is 0.627. The van der Waals surface area contributed by atoms with Gasteiger partial charge in [-0.3, -0.25) is 4.79 Å². The van der Waals surface area contributed by atoms with Gasteiger partial charge in [-0.15, -0.1) is 0 Å². The van der Waals surface area contributed by atoms with Gasteiger partial charge in [0.2, 0.25) is 0 Å². The average Bonchev–Trinajstić information content (AvgIpc) is 3.50. The molecule has 1 fully saturated rings. The van der Waals surface area contributed by atoms with Gasteiger partial charge in [0, 0.05) is 18.4 Å². The number of ether oxygens (including phenoxy) is 3. The molecule has 4 rings (SSSR count). The zero-order chi connectivity index (χ0) is 21.8. The van der Waals surface area contributed by atoms with Crippen molar-refractivity contribution in [2.75, 3.05) is 20.8 Å². The molecule has 162 valence electrons. The van der Waals surface area contributed by atoms with E-state index in [2.05, 4.69) is 10.4 Å². The maximum Gasteiger partial charge on any atom is 0.272 e. The average molecular weight is 421 g/mol. The smallest absolute Gasteiger partial charge is 0.272 e. The fourth-order valence-electron chi connectivity index (χ4n) is 3.83. The molecular formula is C24H27N3O4. The van der Waals surface area contributed by atoms with Gasteiger partial charge < -0.3 is 19.5 Å². The first-order chi connectivity index (χ1) is 15.1. The van der Waals surface area contributed by atoms with Crippen molar-refractivity contribution in [3.63, 3.8) is 0 Å². The van der Waals surface area contributed by atoms with Crippen LogP contribution in [-0.4, -0.2) is 48.7 Å². The predicted octanol–water partition coefficient (Wildman–Crippen LogP) is 3.85. The summed E-state index contributed by atoms with van der Waals surface area (Å²) >= 11 is 0. The minimum Gasteiger partial charge on any atom is -0.493 e. The second-order valence-corrected chi connectivity index (χ2v) is 7.55. The molecule has 0 spiro atoms. The molecule has 1 N–H and O–H groups in total. The molecule has 1 aliphatic heterocycles. The molecule has 3 aromatic rings.